The summed E-state index contributed by atoms with van der Waals surface area (Å²) in [5.74, 6) is -0.838. The third-order valence-electron chi connectivity index (χ3n) is 3.20. The van der Waals surface area contributed by atoms with Crippen LogP contribution in [0.4, 0.5) is 5.69 Å². The molecule has 0 spiro atoms. The lowest BCUT2D eigenvalue weighted by Gasteiger charge is -2.15. The van der Waals surface area contributed by atoms with Gasteiger partial charge in [0.1, 0.15) is 5.75 Å². The van der Waals surface area contributed by atoms with Gasteiger partial charge in [-0.05, 0) is 37.5 Å². The zero-order valence-electron chi connectivity index (χ0n) is 9.76. The molecule has 1 aliphatic rings. The summed E-state index contributed by atoms with van der Waals surface area (Å²) in [6, 6.07) is 6.17. The van der Waals surface area contributed by atoms with E-state index in [2.05, 4.69) is 5.32 Å². The van der Waals surface area contributed by atoms with Crippen molar-refractivity contribution in [2.75, 3.05) is 5.32 Å². The number of carbonyl (C=O) groups excluding carboxylic acids is 1. The Morgan fingerprint density at radius 2 is 2.22 bits per heavy atom. The Bertz CT molecular complexity index is 507. The van der Waals surface area contributed by atoms with Crippen molar-refractivity contribution in [2.24, 2.45) is 5.92 Å². The van der Waals surface area contributed by atoms with Crippen LogP contribution in [0.1, 0.15) is 24.8 Å². The fourth-order valence-corrected chi connectivity index (χ4v) is 2.18. The van der Waals surface area contributed by atoms with E-state index in [0.717, 1.165) is 6.42 Å². The lowest BCUT2D eigenvalue weighted by molar-refractivity contribution is -0.122. The van der Waals surface area contributed by atoms with Crippen LogP contribution >= 0.6 is 0 Å². The van der Waals surface area contributed by atoms with Gasteiger partial charge < -0.3 is 15.5 Å². The minimum atomic E-state index is -0.619. The van der Waals surface area contributed by atoms with E-state index in [1.165, 1.54) is 18.2 Å². The van der Waals surface area contributed by atoms with Crippen molar-refractivity contribution in [1.29, 1.82) is 5.26 Å². The zero-order chi connectivity index (χ0) is 13.1. The van der Waals surface area contributed by atoms with Crippen LogP contribution in [0.2, 0.25) is 0 Å². The summed E-state index contributed by atoms with van der Waals surface area (Å²) < 4.78 is 0. The van der Waals surface area contributed by atoms with Gasteiger partial charge in [-0.25, -0.2) is 0 Å². The molecule has 1 saturated carbocycles. The lowest BCUT2D eigenvalue weighted by Crippen LogP contribution is -2.28. The maximum Gasteiger partial charge on any atom is 0.230 e. The largest absolute Gasteiger partial charge is 0.506 e. The molecule has 1 amide bonds. The number of carbonyl (C=O) groups is 1. The van der Waals surface area contributed by atoms with Crippen molar-refractivity contribution in [1.82, 2.24) is 0 Å². The minimum Gasteiger partial charge on any atom is -0.506 e. The highest BCUT2D eigenvalue weighted by Crippen LogP contribution is 2.29. The molecular weight excluding hydrogens is 232 g/mol. The molecule has 18 heavy (non-hydrogen) atoms. The first kappa shape index (κ1) is 12.4. The second kappa shape index (κ2) is 5.07. The third-order valence-corrected chi connectivity index (χ3v) is 3.20. The van der Waals surface area contributed by atoms with Gasteiger partial charge in [0, 0.05) is 0 Å². The Labute approximate surface area is 105 Å². The fourth-order valence-electron chi connectivity index (χ4n) is 2.18. The molecule has 1 fully saturated rings. The van der Waals surface area contributed by atoms with Gasteiger partial charge in [0.05, 0.1) is 29.3 Å². The summed E-state index contributed by atoms with van der Waals surface area (Å²) in [6.45, 7) is 0. The monoisotopic (exact) mass is 246 g/mol. The number of amides is 1. The molecule has 1 aromatic rings. The number of hydrogen-bond donors (Lipinski definition) is 3. The standard InChI is InChI=1S/C13H14N2O3/c14-7-8-4-5-12(17)10(6-8)15-13(18)9-2-1-3-11(9)16/h4-6,9,11,16-17H,1-3H2,(H,15,18). The maximum atomic E-state index is 11.9. The van der Waals surface area contributed by atoms with Crippen LogP contribution < -0.4 is 5.32 Å². The van der Waals surface area contributed by atoms with Crippen LogP contribution in [-0.2, 0) is 4.79 Å². The summed E-state index contributed by atoms with van der Waals surface area (Å²) >= 11 is 0. The van der Waals surface area contributed by atoms with Gasteiger partial charge in [-0.2, -0.15) is 5.26 Å². The number of aromatic hydroxyl groups is 1. The molecule has 1 aromatic carbocycles. The van der Waals surface area contributed by atoms with Crippen molar-refractivity contribution >= 4 is 11.6 Å². The van der Waals surface area contributed by atoms with Crippen LogP contribution in [0.15, 0.2) is 18.2 Å². The van der Waals surface area contributed by atoms with Crippen molar-refractivity contribution in [2.45, 2.75) is 25.4 Å². The smallest absolute Gasteiger partial charge is 0.230 e. The van der Waals surface area contributed by atoms with Crippen molar-refractivity contribution in [3.8, 4) is 11.8 Å². The number of phenols is 1. The summed E-state index contributed by atoms with van der Waals surface area (Å²) in [5.41, 5.74) is 0.563. The normalized spacial score (nSPS) is 22.4. The molecule has 0 radical (unpaired) electrons. The first-order chi connectivity index (χ1) is 8.61. The topological polar surface area (TPSA) is 93.4 Å². The Morgan fingerprint density at radius 1 is 1.44 bits per heavy atom. The molecule has 0 aliphatic heterocycles. The van der Waals surface area contributed by atoms with Gasteiger partial charge in [0.15, 0.2) is 0 Å². The Hall–Kier alpha value is -2.06. The molecule has 5 nitrogen and oxygen atoms in total. The minimum absolute atomic E-state index is 0.0881. The molecule has 1 aliphatic carbocycles. The molecule has 3 N–H and O–H groups in total. The number of anilines is 1. The van der Waals surface area contributed by atoms with Gasteiger partial charge in [-0.1, -0.05) is 0 Å². The fraction of sp³-hybridized carbons (Fsp3) is 0.385. The predicted octanol–water partition coefficient (Wildman–Crippen LogP) is 1.36. The van der Waals surface area contributed by atoms with Gasteiger partial charge >= 0.3 is 0 Å². The molecule has 0 aromatic heterocycles. The second-order valence-corrected chi connectivity index (χ2v) is 4.44. The van der Waals surface area contributed by atoms with Crippen LogP contribution in [-0.4, -0.2) is 22.2 Å². The highest BCUT2D eigenvalue weighted by molar-refractivity contribution is 5.94. The number of aliphatic hydroxyl groups excluding tert-OH is 1. The summed E-state index contributed by atoms with van der Waals surface area (Å²) in [5, 5.41) is 30.5. The number of aliphatic hydroxyl groups is 1. The average molecular weight is 246 g/mol. The Morgan fingerprint density at radius 3 is 2.83 bits per heavy atom. The molecule has 5 heteroatoms. The molecule has 2 atom stereocenters. The zero-order valence-corrected chi connectivity index (χ0v) is 9.76. The van der Waals surface area contributed by atoms with E-state index >= 15 is 0 Å². The number of rotatable bonds is 2. The number of nitrogens with zero attached hydrogens (tertiary/aromatic N) is 1. The van der Waals surface area contributed by atoms with Crippen molar-refractivity contribution < 1.29 is 15.0 Å². The van der Waals surface area contributed by atoms with E-state index in [9.17, 15) is 15.0 Å². The molecule has 94 valence electrons. The quantitative estimate of drug-likeness (QED) is 0.687. The highest BCUT2D eigenvalue weighted by Gasteiger charge is 2.31. The molecule has 0 heterocycles. The highest BCUT2D eigenvalue weighted by atomic mass is 16.3. The molecule has 0 bridgehead atoms. The molecule has 2 unspecified atom stereocenters. The number of benzene rings is 1. The lowest BCUT2D eigenvalue weighted by atomic mass is 10.0. The van der Waals surface area contributed by atoms with Gasteiger partial charge in [0.25, 0.3) is 0 Å². The van der Waals surface area contributed by atoms with E-state index < -0.39 is 12.0 Å². The van der Waals surface area contributed by atoms with E-state index in [1.54, 1.807) is 0 Å². The van der Waals surface area contributed by atoms with E-state index in [0.29, 0.717) is 18.4 Å². The summed E-state index contributed by atoms with van der Waals surface area (Å²) in [6.07, 6.45) is 1.48. The maximum absolute atomic E-state index is 11.9. The van der Waals surface area contributed by atoms with Crippen molar-refractivity contribution in [3.63, 3.8) is 0 Å². The predicted molar refractivity (Wildman–Crippen MR) is 64.8 cm³/mol. The van der Waals surface area contributed by atoms with Crippen LogP contribution in [0.3, 0.4) is 0 Å². The van der Waals surface area contributed by atoms with E-state index in [-0.39, 0.29) is 17.3 Å². The Balaban J connectivity index is 2.14. The van der Waals surface area contributed by atoms with Crippen LogP contribution in [0.5, 0.6) is 5.75 Å². The van der Waals surface area contributed by atoms with Gasteiger partial charge in [0.2, 0.25) is 5.91 Å². The van der Waals surface area contributed by atoms with Gasteiger partial charge in [-0.15, -0.1) is 0 Å². The summed E-state index contributed by atoms with van der Waals surface area (Å²) in [4.78, 5) is 11.9. The summed E-state index contributed by atoms with van der Waals surface area (Å²) in [7, 11) is 0. The average Bonchev–Trinajstić information content (AvgIpc) is 2.78. The first-order valence-corrected chi connectivity index (χ1v) is 5.84. The number of nitrogens with one attached hydrogen (secondary N) is 1. The molecule has 0 saturated heterocycles. The SMILES string of the molecule is N#Cc1ccc(O)c(NC(=O)C2CCCC2O)c1. The van der Waals surface area contributed by atoms with Crippen molar-refractivity contribution in [3.05, 3.63) is 23.8 Å². The number of hydrogen-bond acceptors (Lipinski definition) is 4. The van der Waals surface area contributed by atoms with E-state index in [1.807, 2.05) is 6.07 Å². The second-order valence-electron chi connectivity index (χ2n) is 4.44. The Kier molecular flexibility index (Phi) is 3.49. The van der Waals surface area contributed by atoms with Crippen LogP contribution in [0, 0.1) is 17.2 Å². The number of nitriles is 1. The van der Waals surface area contributed by atoms with E-state index in [4.69, 9.17) is 5.26 Å². The molecule has 2 rings (SSSR count). The van der Waals surface area contributed by atoms with Gasteiger partial charge in [-0.3, -0.25) is 4.79 Å². The first-order valence-electron chi connectivity index (χ1n) is 5.84. The number of phenolic OH excluding ortho intramolecular Hbond substituents is 1. The third kappa shape index (κ3) is 2.44. The van der Waals surface area contributed by atoms with Crippen LogP contribution in [0.25, 0.3) is 0 Å². The molecular formula is C13H14N2O3.